The van der Waals surface area contributed by atoms with Gasteiger partial charge in [0.1, 0.15) is 5.54 Å². The van der Waals surface area contributed by atoms with Crippen molar-refractivity contribution in [2.45, 2.75) is 70.6 Å². The summed E-state index contributed by atoms with van der Waals surface area (Å²) in [6.07, 6.45) is 6.11. The van der Waals surface area contributed by atoms with Crippen LogP contribution in [0.25, 0.3) is 0 Å². The maximum atomic E-state index is 12.7. The summed E-state index contributed by atoms with van der Waals surface area (Å²) in [4.78, 5) is 28.4. The number of urea groups is 1. The van der Waals surface area contributed by atoms with E-state index >= 15 is 0 Å². The molecule has 2 saturated heterocycles. The minimum absolute atomic E-state index is 0.0631. The fourth-order valence-corrected chi connectivity index (χ4v) is 4.33. The fraction of sp³-hybridized carbons (Fsp3) is 0.889. The average Bonchev–Trinajstić information content (AvgIpc) is 3.03. The van der Waals surface area contributed by atoms with Crippen LogP contribution in [0, 0.1) is 5.92 Å². The standard InChI is InChI=1S/C18H31N3O3/c1-13(2)21-16(22)18(19-17(21)23)8-9-20(12-18)10-11-24-15-7-5-4-6-14(15)3/h13-15H,4-12H2,1-3H3,(H,19,23)/t14-,15-,18-/m1/s1. The van der Waals surface area contributed by atoms with Gasteiger partial charge < -0.3 is 10.1 Å². The largest absolute Gasteiger partial charge is 0.377 e. The molecule has 1 spiro atoms. The van der Waals surface area contributed by atoms with Crippen LogP contribution in [0.5, 0.6) is 0 Å². The van der Waals surface area contributed by atoms with Crippen LogP contribution in [-0.2, 0) is 9.53 Å². The Balaban J connectivity index is 1.49. The van der Waals surface area contributed by atoms with E-state index in [1.165, 1.54) is 30.6 Å². The van der Waals surface area contributed by atoms with Crippen molar-refractivity contribution in [2.24, 2.45) is 5.92 Å². The van der Waals surface area contributed by atoms with Crippen LogP contribution in [0.1, 0.15) is 52.9 Å². The first kappa shape index (κ1) is 17.7. The van der Waals surface area contributed by atoms with Crippen molar-refractivity contribution in [3.05, 3.63) is 0 Å². The van der Waals surface area contributed by atoms with E-state index in [2.05, 4.69) is 17.1 Å². The second kappa shape index (κ2) is 7.00. The molecule has 6 heteroatoms. The molecule has 3 aliphatic rings. The zero-order chi connectivity index (χ0) is 17.3. The number of carbonyl (C=O) groups is 2. The third-order valence-corrected chi connectivity index (χ3v) is 5.83. The van der Waals surface area contributed by atoms with Crippen molar-refractivity contribution in [3.8, 4) is 0 Å². The molecule has 0 aromatic rings. The highest BCUT2D eigenvalue weighted by Crippen LogP contribution is 2.30. The number of likely N-dealkylation sites (tertiary alicyclic amines) is 1. The first-order chi connectivity index (χ1) is 11.4. The van der Waals surface area contributed by atoms with Gasteiger partial charge in [-0.2, -0.15) is 0 Å². The second-order valence-electron chi connectivity index (χ2n) is 7.98. The summed E-state index contributed by atoms with van der Waals surface area (Å²) in [6, 6.07) is -0.342. The van der Waals surface area contributed by atoms with E-state index in [0.29, 0.717) is 31.6 Å². The maximum Gasteiger partial charge on any atom is 0.325 e. The smallest absolute Gasteiger partial charge is 0.325 e. The van der Waals surface area contributed by atoms with Crippen molar-refractivity contribution in [1.29, 1.82) is 0 Å². The first-order valence-electron chi connectivity index (χ1n) is 9.43. The van der Waals surface area contributed by atoms with Gasteiger partial charge in [0.2, 0.25) is 0 Å². The summed E-state index contributed by atoms with van der Waals surface area (Å²) in [5.41, 5.74) is -0.709. The van der Waals surface area contributed by atoms with Gasteiger partial charge >= 0.3 is 6.03 Å². The van der Waals surface area contributed by atoms with Crippen LogP contribution >= 0.6 is 0 Å². The van der Waals surface area contributed by atoms with Crippen molar-refractivity contribution in [3.63, 3.8) is 0 Å². The Labute approximate surface area is 144 Å². The van der Waals surface area contributed by atoms with Gasteiger partial charge in [-0.1, -0.05) is 19.8 Å². The van der Waals surface area contributed by atoms with Gasteiger partial charge in [-0.25, -0.2) is 4.79 Å². The molecule has 2 heterocycles. The lowest BCUT2D eigenvalue weighted by Gasteiger charge is -2.29. The summed E-state index contributed by atoms with van der Waals surface area (Å²) >= 11 is 0. The van der Waals surface area contributed by atoms with Crippen LogP contribution in [0.4, 0.5) is 4.79 Å². The molecule has 1 N–H and O–H groups in total. The zero-order valence-corrected chi connectivity index (χ0v) is 15.2. The number of hydrogen-bond acceptors (Lipinski definition) is 4. The third kappa shape index (κ3) is 3.31. The minimum atomic E-state index is -0.709. The molecule has 3 atom stereocenters. The normalized spacial score (nSPS) is 34.6. The van der Waals surface area contributed by atoms with Crippen molar-refractivity contribution < 1.29 is 14.3 Å². The SMILES string of the molecule is CC(C)N1C(=O)N[C@@]2(CCN(CCO[C@@H]3CCCC[C@H]3C)C2)C1=O. The lowest BCUT2D eigenvalue weighted by molar-refractivity contribution is -0.132. The van der Waals surface area contributed by atoms with Crippen LogP contribution in [-0.4, -0.2) is 65.7 Å². The average molecular weight is 337 g/mol. The predicted molar refractivity (Wildman–Crippen MR) is 91.7 cm³/mol. The van der Waals surface area contributed by atoms with Crippen molar-refractivity contribution >= 4 is 11.9 Å². The Morgan fingerprint density at radius 2 is 2.04 bits per heavy atom. The van der Waals surface area contributed by atoms with E-state index in [4.69, 9.17) is 4.74 Å². The Morgan fingerprint density at radius 1 is 1.29 bits per heavy atom. The Morgan fingerprint density at radius 3 is 2.71 bits per heavy atom. The molecule has 6 nitrogen and oxygen atoms in total. The topological polar surface area (TPSA) is 61.9 Å². The number of amides is 3. The number of rotatable bonds is 5. The maximum absolute atomic E-state index is 12.7. The number of imide groups is 1. The lowest BCUT2D eigenvalue weighted by atomic mass is 9.88. The Bertz CT molecular complexity index is 496. The van der Waals surface area contributed by atoms with Crippen LogP contribution < -0.4 is 5.32 Å². The molecule has 1 saturated carbocycles. The molecular weight excluding hydrogens is 306 g/mol. The number of ether oxygens (including phenoxy) is 1. The summed E-state index contributed by atoms with van der Waals surface area (Å²) in [5.74, 6) is 0.589. The van der Waals surface area contributed by atoms with Crippen LogP contribution in [0.2, 0.25) is 0 Å². The minimum Gasteiger partial charge on any atom is -0.377 e. The number of nitrogens with zero attached hydrogens (tertiary/aromatic N) is 2. The summed E-state index contributed by atoms with van der Waals surface area (Å²) in [6.45, 7) is 9.01. The molecule has 2 aliphatic heterocycles. The summed E-state index contributed by atoms with van der Waals surface area (Å²) < 4.78 is 6.09. The molecule has 0 aromatic heterocycles. The molecule has 1 aliphatic carbocycles. The first-order valence-corrected chi connectivity index (χ1v) is 9.43. The van der Waals surface area contributed by atoms with Gasteiger partial charge in [-0.3, -0.25) is 14.6 Å². The van der Waals surface area contributed by atoms with E-state index < -0.39 is 5.54 Å². The molecular formula is C18H31N3O3. The fourth-order valence-electron chi connectivity index (χ4n) is 4.33. The summed E-state index contributed by atoms with van der Waals surface area (Å²) in [5, 5.41) is 2.94. The Kier molecular flexibility index (Phi) is 5.16. The lowest BCUT2D eigenvalue weighted by Crippen LogP contribution is -2.50. The second-order valence-corrected chi connectivity index (χ2v) is 7.98. The van der Waals surface area contributed by atoms with Gasteiger partial charge in [0.25, 0.3) is 5.91 Å². The molecule has 136 valence electrons. The predicted octanol–water partition coefficient (Wildman–Crippen LogP) is 1.99. The van der Waals surface area contributed by atoms with Gasteiger partial charge in [0, 0.05) is 25.7 Å². The van der Waals surface area contributed by atoms with E-state index in [0.717, 1.165) is 13.1 Å². The molecule has 0 unspecified atom stereocenters. The molecule has 24 heavy (non-hydrogen) atoms. The van der Waals surface area contributed by atoms with Crippen molar-refractivity contribution in [2.75, 3.05) is 26.2 Å². The zero-order valence-electron chi connectivity index (χ0n) is 15.2. The quantitative estimate of drug-likeness (QED) is 0.779. The Hall–Kier alpha value is -1.14. The number of nitrogens with one attached hydrogen (secondary N) is 1. The van der Waals surface area contributed by atoms with Gasteiger partial charge in [0.05, 0.1) is 12.7 Å². The molecule has 3 amide bonds. The number of carbonyl (C=O) groups excluding carboxylic acids is 2. The van der Waals surface area contributed by atoms with E-state index in [-0.39, 0.29) is 18.0 Å². The van der Waals surface area contributed by atoms with E-state index in [1.54, 1.807) is 0 Å². The highest BCUT2D eigenvalue weighted by molar-refractivity contribution is 6.07. The molecule has 3 fully saturated rings. The molecule has 0 radical (unpaired) electrons. The van der Waals surface area contributed by atoms with E-state index in [1.807, 2.05) is 13.8 Å². The third-order valence-electron chi connectivity index (χ3n) is 5.83. The van der Waals surface area contributed by atoms with Gasteiger partial charge in [-0.05, 0) is 39.0 Å². The monoisotopic (exact) mass is 337 g/mol. The van der Waals surface area contributed by atoms with Gasteiger partial charge in [0.15, 0.2) is 0 Å². The van der Waals surface area contributed by atoms with Crippen LogP contribution in [0.15, 0.2) is 0 Å². The number of hydrogen-bond donors (Lipinski definition) is 1. The molecule has 3 rings (SSSR count). The molecule has 0 aromatic carbocycles. The highest BCUT2D eigenvalue weighted by Gasteiger charge is 2.55. The highest BCUT2D eigenvalue weighted by atomic mass is 16.5. The molecule has 0 bridgehead atoms. The summed E-state index contributed by atoms with van der Waals surface area (Å²) in [7, 11) is 0. The van der Waals surface area contributed by atoms with Gasteiger partial charge in [-0.15, -0.1) is 0 Å². The van der Waals surface area contributed by atoms with Crippen LogP contribution in [0.3, 0.4) is 0 Å². The van der Waals surface area contributed by atoms with Crippen molar-refractivity contribution in [1.82, 2.24) is 15.1 Å². The van der Waals surface area contributed by atoms with E-state index in [9.17, 15) is 9.59 Å².